The van der Waals surface area contributed by atoms with Crippen molar-refractivity contribution in [3.05, 3.63) is 24.3 Å². The average Bonchev–Trinajstić information content (AvgIpc) is 3.07. The predicted octanol–water partition coefficient (Wildman–Crippen LogP) is 1.39. The normalized spacial score (nSPS) is 25.3. The van der Waals surface area contributed by atoms with Crippen LogP contribution in [0.3, 0.4) is 0 Å². The van der Waals surface area contributed by atoms with Gasteiger partial charge in [-0.05, 0) is 38.8 Å². The molecule has 0 radical (unpaired) electrons. The molecule has 2 atom stereocenters. The first-order valence-corrected chi connectivity index (χ1v) is 8.82. The Kier molecular flexibility index (Phi) is 3.81. The van der Waals surface area contributed by atoms with Crippen LogP contribution in [0.15, 0.2) is 24.3 Å². The molecule has 122 valence electrons. The zero-order valence-electron chi connectivity index (χ0n) is 14.1. The number of nitrogens with zero attached hydrogens (tertiary/aromatic N) is 4. The van der Waals surface area contributed by atoms with Crippen LogP contribution in [0.2, 0.25) is 0 Å². The molecular formula is C18H26N5+. The number of aromatic nitrogens is 2. The van der Waals surface area contributed by atoms with Gasteiger partial charge in [0.05, 0.1) is 18.6 Å². The van der Waals surface area contributed by atoms with Crippen LogP contribution >= 0.6 is 0 Å². The summed E-state index contributed by atoms with van der Waals surface area (Å²) < 4.78 is 0. The minimum absolute atomic E-state index is 0.600. The molecule has 3 heterocycles. The van der Waals surface area contributed by atoms with Gasteiger partial charge in [0.1, 0.15) is 17.9 Å². The number of piperazine rings is 1. The number of benzene rings is 1. The van der Waals surface area contributed by atoms with Crippen LogP contribution in [0.1, 0.15) is 26.7 Å². The lowest BCUT2D eigenvalue weighted by Crippen LogP contribution is -2.99. The summed E-state index contributed by atoms with van der Waals surface area (Å²) in [6.07, 6.45) is 2.50. The van der Waals surface area contributed by atoms with Gasteiger partial charge in [-0.1, -0.05) is 12.1 Å². The first-order chi connectivity index (χ1) is 11.2. The van der Waals surface area contributed by atoms with Crippen molar-refractivity contribution in [1.82, 2.24) is 9.97 Å². The van der Waals surface area contributed by atoms with Gasteiger partial charge in [0, 0.05) is 18.5 Å². The molecule has 0 unspecified atom stereocenters. The summed E-state index contributed by atoms with van der Waals surface area (Å²) in [6, 6.07) is 9.63. The summed E-state index contributed by atoms with van der Waals surface area (Å²) in [7, 11) is 0. The molecule has 0 aliphatic carbocycles. The number of hydrogen-bond acceptors (Lipinski definition) is 4. The standard InChI is InChI=1S/C18H25N5/c1-13-11-23(12-14(2)19-13)17-15-7-3-4-8-16(15)20-18(21-17)22-9-5-6-10-22/h3-4,7-8,13-14,19H,5-6,9-12H2,1-2H3/p+1/t13-,14+. The highest BCUT2D eigenvalue weighted by Crippen LogP contribution is 2.28. The van der Waals surface area contributed by atoms with Crippen LogP contribution in [-0.2, 0) is 0 Å². The lowest BCUT2D eigenvalue weighted by atomic mass is 10.1. The maximum absolute atomic E-state index is 5.00. The lowest BCUT2D eigenvalue weighted by Gasteiger charge is -2.35. The molecule has 0 bridgehead atoms. The largest absolute Gasteiger partial charge is 0.344 e. The molecule has 2 aliphatic rings. The third-order valence-corrected chi connectivity index (χ3v) is 4.93. The smallest absolute Gasteiger partial charge is 0.227 e. The monoisotopic (exact) mass is 312 g/mol. The molecule has 2 saturated heterocycles. The van der Waals surface area contributed by atoms with Gasteiger partial charge < -0.3 is 15.1 Å². The van der Waals surface area contributed by atoms with Gasteiger partial charge in [0.15, 0.2) is 0 Å². The van der Waals surface area contributed by atoms with E-state index in [0.29, 0.717) is 12.1 Å². The van der Waals surface area contributed by atoms with Crippen molar-refractivity contribution in [3.8, 4) is 0 Å². The molecule has 23 heavy (non-hydrogen) atoms. The quantitative estimate of drug-likeness (QED) is 0.910. The number of anilines is 2. The van der Waals surface area contributed by atoms with Crippen LogP contribution in [0.4, 0.5) is 11.8 Å². The van der Waals surface area contributed by atoms with E-state index in [0.717, 1.165) is 43.5 Å². The fourth-order valence-electron chi connectivity index (χ4n) is 3.97. The molecule has 0 spiro atoms. The van der Waals surface area contributed by atoms with Gasteiger partial charge in [-0.2, -0.15) is 4.98 Å². The SMILES string of the molecule is C[C@@H]1CN(c2nc(N3CCCC3)nc3ccccc23)C[C@H](C)[NH2+]1. The zero-order chi connectivity index (χ0) is 15.8. The molecule has 5 heteroatoms. The molecule has 1 aromatic carbocycles. The molecule has 2 fully saturated rings. The zero-order valence-corrected chi connectivity index (χ0v) is 14.1. The Hall–Kier alpha value is -1.88. The van der Waals surface area contributed by atoms with Crippen LogP contribution in [0.5, 0.6) is 0 Å². The van der Waals surface area contributed by atoms with Gasteiger partial charge in [-0.25, -0.2) is 4.98 Å². The van der Waals surface area contributed by atoms with Crippen molar-refractivity contribution in [1.29, 1.82) is 0 Å². The highest BCUT2D eigenvalue weighted by molar-refractivity contribution is 5.90. The van der Waals surface area contributed by atoms with E-state index in [4.69, 9.17) is 9.97 Å². The minimum atomic E-state index is 0.600. The Morgan fingerprint density at radius 2 is 1.65 bits per heavy atom. The molecule has 5 nitrogen and oxygen atoms in total. The molecule has 2 aliphatic heterocycles. The van der Waals surface area contributed by atoms with Crippen molar-refractivity contribution in [3.63, 3.8) is 0 Å². The van der Waals surface area contributed by atoms with E-state index in [1.54, 1.807) is 0 Å². The lowest BCUT2D eigenvalue weighted by molar-refractivity contribution is -0.716. The van der Waals surface area contributed by atoms with E-state index in [2.05, 4.69) is 53.2 Å². The third-order valence-electron chi connectivity index (χ3n) is 4.93. The molecule has 1 aromatic heterocycles. The molecular weight excluding hydrogens is 286 g/mol. The Bertz CT molecular complexity index is 685. The summed E-state index contributed by atoms with van der Waals surface area (Å²) in [6.45, 7) is 8.85. The summed E-state index contributed by atoms with van der Waals surface area (Å²) in [4.78, 5) is 14.6. The van der Waals surface area contributed by atoms with Crippen molar-refractivity contribution < 1.29 is 5.32 Å². The van der Waals surface area contributed by atoms with E-state index in [1.807, 2.05) is 0 Å². The van der Waals surface area contributed by atoms with Crippen LogP contribution in [-0.4, -0.2) is 48.2 Å². The van der Waals surface area contributed by atoms with Crippen LogP contribution < -0.4 is 15.1 Å². The number of hydrogen-bond donors (Lipinski definition) is 1. The second-order valence-electron chi connectivity index (χ2n) is 7.11. The first kappa shape index (κ1) is 14.7. The number of para-hydroxylation sites is 1. The highest BCUT2D eigenvalue weighted by atomic mass is 15.3. The molecule has 4 rings (SSSR count). The first-order valence-electron chi connectivity index (χ1n) is 8.82. The fraction of sp³-hybridized carbons (Fsp3) is 0.556. The van der Waals surface area contributed by atoms with Gasteiger partial charge in [-0.3, -0.25) is 0 Å². The molecule has 0 saturated carbocycles. The fourth-order valence-corrected chi connectivity index (χ4v) is 3.97. The van der Waals surface area contributed by atoms with Crippen LogP contribution in [0.25, 0.3) is 10.9 Å². The average molecular weight is 312 g/mol. The second kappa shape index (κ2) is 5.96. The number of fused-ring (bicyclic) bond motifs is 1. The van der Waals surface area contributed by atoms with Gasteiger partial charge in [0.2, 0.25) is 5.95 Å². The van der Waals surface area contributed by atoms with Crippen molar-refractivity contribution in [2.45, 2.75) is 38.8 Å². The Balaban J connectivity index is 1.79. The summed E-state index contributed by atoms with van der Waals surface area (Å²) in [5.74, 6) is 2.02. The minimum Gasteiger partial charge on any atom is -0.344 e. The number of nitrogens with two attached hydrogens (primary N) is 1. The van der Waals surface area contributed by atoms with Crippen molar-refractivity contribution in [2.75, 3.05) is 36.0 Å². The van der Waals surface area contributed by atoms with Crippen LogP contribution in [0, 0.1) is 0 Å². The van der Waals surface area contributed by atoms with Crippen molar-refractivity contribution in [2.24, 2.45) is 0 Å². The van der Waals surface area contributed by atoms with Gasteiger partial charge in [-0.15, -0.1) is 0 Å². The topological polar surface area (TPSA) is 48.9 Å². The van der Waals surface area contributed by atoms with E-state index in [9.17, 15) is 0 Å². The van der Waals surface area contributed by atoms with Gasteiger partial charge in [0.25, 0.3) is 0 Å². The van der Waals surface area contributed by atoms with E-state index in [-0.39, 0.29) is 0 Å². The number of rotatable bonds is 2. The van der Waals surface area contributed by atoms with Gasteiger partial charge >= 0.3 is 0 Å². The summed E-state index contributed by atoms with van der Waals surface area (Å²) >= 11 is 0. The van der Waals surface area contributed by atoms with E-state index in [1.165, 1.54) is 18.2 Å². The maximum Gasteiger partial charge on any atom is 0.227 e. The number of quaternary nitrogens is 1. The van der Waals surface area contributed by atoms with E-state index >= 15 is 0 Å². The molecule has 2 aromatic rings. The Labute approximate surface area is 137 Å². The Morgan fingerprint density at radius 3 is 2.39 bits per heavy atom. The molecule has 2 N–H and O–H groups in total. The highest BCUT2D eigenvalue weighted by Gasteiger charge is 2.27. The van der Waals surface area contributed by atoms with Crippen molar-refractivity contribution >= 4 is 22.7 Å². The molecule has 0 amide bonds. The Morgan fingerprint density at radius 1 is 0.957 bits per heavy atom. The predicted molar refractivity (Wildman–Crippen MR) is 94.0 cm³/mol. The second-order valence-corrected chi connectivity index (χ2v) is 7.11. The van der Waals surface area contributed by atoms with E-state index < -0.39 is 0 Å². The summed E-state index contributed by atoms with van der Waals surface area (Å²) in [5, 5.41) is 3.64. The summed E-state index contributed by atoms with van der Waals surface area (Å²) in [5.41, 5.74) is 1.06. The third kappa shape index (κ3) is 2.85. The maximum atomic E-state index is 5.00.